The van der Waals surface area contributed by atoms with Crippen molar-refractivity contribution in [3.63, 3.8) is 0 Å². The molecular formula is C46H42N2Si. The molecule has 2 aromatic heterocycles. The lowest BCUT2D eigenvalue weighted by molar-refractivity contribution is 0.766. The zero-order valence-corrected chi connectivity index (χ0v) is 29.1. The lowest BCUT2D eigenvalue weighted by Crippen LogP contribution is -2.64. The first kappa shape index (κ1) is 29.1. The average molecular weight is 651 g/mol. The summed E-state index contributed by atoms with van der Waals surface area (Å²) >= 11 is 0. The van der Waals surface area contributed by atoms with Crippen molar-refractivity contribution < 1.29 is 0 Å². The van der Waals surface area contributed by atoms with Gasteiger partial charge in [0.25, 0.3) is 0 Å². The first-order valence-electron chi connectivity index (χ1n) is 18.5. The van der Waals surface area contributed by atoms with Gasteiger partial charge in [-0.2, -0.15) is 0 Å². The van der Waals surface area contributed by atoms with E-state index in [1.165, 1.54) is 106 Å². The van der Waals surface area contributed by atoms with E-state index in [-0.39, 0.29) is 0 Å². The Bertz CT molecular complexity index is 2280. The second kappa shape index (κ2) is 11.6. The van der Waals surface area contributed by atoms with Gasteiger partial charge in [-0.15, -0.1) is 0 Å². The van der Waals surface area contributed by atoms with E-state index in [1.807, 2.05) is 0 Å². The lowest BCUT2D eigenvalue weighted by atomic mass is 10.1. The highest BCUT2D eigenvalue weighted by molar-refractivity contribution is 7.04. The van der Waals surface area contributed by atoms with Crippen molar-refractivity contribution in [2.75, 3.05) is 0 Å². The molecule has 0 N–H and O–H groups in total. The van der Waals surface area contributed by atoms with Crippen LogP contribution in [0.2, 0.25) is 11.1 Å². The Morgan fingerprint density at radius 2 is 0.735 bits per heavy atom. The highest BCUT2D eigenvalue weighted by Crippen LogP contribution is 2.50. The van der Waals surface area contributed by atoms with Crippen molar-refractivity contribution in [3.8, 4) is 11.4 Å². The molecule has 0 amide bonds. The van der Waals surface area contributed by atoms with Crippen LogP contribution in [0.25, 0.3) is 55.0 Å². The molecule has 8 aromatic rings. The van der Waals surface area contributed by atoms with Crippen molar-refractivity contribution >= 4 is 62.1 Å². The monoisotopic (exact) mass is 650 g/mol. The molecule has 0 saturated heterocycles. The molecular weight excluding hydrogens is 609 g/mol. The van der Waals surface area contributed by atoms with Crippen LogP contribution in [0, 0.1) is 0 Å². The van der Waals surface area contributed by atoms with Crippen LogP contribution in [0.5, 0.6) is 0 Å². The van der Waals surface area contributed by atoms with Crippen molar-refractivity contribution in [1.29, 1.82) is 0 Å². The Balaban J connectivity index is 1.29. The van der Waals surface area contributed by atoms with Crippen LogP contribution >= 0.6 is 0 Å². The molecule has 2 saturated carbocycles. The van der Waals surface area contributed by atoms with E-state index in [9.17, 15) is 0 Å². The minimum atomic E-state index is -2.29. The van der Waals surface area contributed by atoms with Crippen LogP contribution in [0.1, 0.15) is 51.4 Å². The standard InChI is InChI=1S/C46H42N2Si/c1-3-15-33(16-4-1)47-43-25-13-11-23-39(43)41-29-27-37(31-45(41)47)49(35-19-7-8-20-35,36-21-9-10-22-36)38-28-30-42-40-24-12-14-26-44(40)48(46(42)32-38)34-17-5-2-6-18-34/h1-6,11-18,23-32,35-36H,7-10,19-22H2. The Kier molecular flexibility index (Phi) is 6.91. The van der Waals surface area contributed by atoms with Crippen molar-refractivity contribution in [3.05, 3.63) is 146 Å². The van der Waals surface area contributed by atoms with E-state index >= 15 is 0 Å². The Morgan fingerprint density at radius 3 is 1.16 bits per heavy atom. The Labute approximate surface area is 289 Å². The molecule has 3 heteroatoms. The van der Waals surface area contributed by atoms with Crippen molar-refractivity contribution in [1.82, 2.24) is 9.13 Å². The van der Waals surface area contributed by atoms with E-state index < -0.39 is 8.07 Å². The minimum absolute atomic E-state index is 0.759. The maximum absolute atomic E-state index is 2.68. The summed E-state index contributed by atoms with van der Waals surface area (Å²) in [5.74, 6) is 0. The molecule has 0 radical (unpaired) electrons. The van der Waals surface area contributed by atoms with Gasteiger partial charge in [0.15, 0.2) is 0 Å². The predicted octanol–water partition coefficient (Wildman–Crippen LogP) is 11.3. The molecule has 0 atom stereocenters. The quantitative estimate of drug-likeness (QED) is 0.159. The van der Waals surface area contributed by atoms with Crippen LogP contribution in [0.15, 0.2) is 146 Å². The normalized spacial score (nSPS) is 16.2. The topological polar surface area (TPSA) is 9.86 Å². The fourth-order valence-corrected chi connectivity index (χ4v) is 17.4. The third-order valence-corrected chi connectivity index (χ3v) is 18.6. The van der Waals surface area contributed by atoms with E-state index in [0.717, 1.165) is 11.1 Å². The molecule has 2 heterocycles. The van der Waals surface area contributed by atoms with Crippen molar-refractivity contribution in [2.45, 2.75) is 62.4 Å². The number of hydrogen-bond acceptors (Lipinski definition) is 0. The smallest absolute Gasteiger partial charge is 0.124 e. The summed E-state index contributed by atoms with van der Waals surface area (Å²) in [6.45, 7) is 0. The minimum Gasteiger partial charge on any atom is -0.309 e. The molecule has 10 rings (SSSR count). The molecule has 0 aliphatic heterocycles. The largest absolute Gasteiger partial charge is 0.309 e. The summed E-state index contributed by atoms with van der Waals surface area (Å²) in [4.78, 5) is 0. The van der Waals surface area contributed by atoms with Gasteiger partial charge in [0.2, 0.25) is 0 Å². The third kappa shape index (κ3) is 4.38. The molecule has 6 aromatic carbocycles. The SMILES string of the molecule is c1ccc(-n2c3ccccc3c3ccc([Si](c4ccc5c6ccccc6n(-c6ccccc6)c5c4)(C4CCCC4)C4CCCC4)cc32)cc1. The highest BCUT2D eigenvalue weighted by Gasteiger charge is 2.52. The van der Waals surface area contributed by atoms with Crippen molar-refractivity contribution in [2.24, 2.45) is 0 Å². The van der Waals surface area contributed by atoms with E-state index in [1.54, 1.807) is 10.4 Å². The molecule has 0 bridgehead atoms. The molecule has 2 aliphatic carbocycles. The third-order valence-electron chi connectivity index (χ3n) is 12.3. The molecule has 2 fully saturated rings. The summed E-state index contributed by atoms with van der Waals surface area (Å²) in [5.41, 5.74) is 9.31. The summed E-state index contributed by atoms with van der Waals surface area (Å²) in [6.07, 6.45) is 10.9. The molecule has 240 valence electrons. The van der Waals surface area contributed by atoms with Crippen LogP contribution < -0.4 is 10.4 Å². The molecule has 2 nitrogen and oxygen atoms in total. The zero-order chi connectivity index (χ0) is 32.4. The molecule has 0 unspecified atom stereocenters. The second-order valence-corrected chi connectivity index (χ2v) is 19.2. The van der Waals surface area contributed by atoms with E-state index in [4.69, 9.17) is 0 Å². The first-order chi connectivity index (χ1) is 24.3. The number of para-hydroxylation sites is 4. The van der Waals surface area contributed by atoms with Gasteiger partial charge in [0.05, 0.1) is 22.1 Å². The van der Waals surface area contributed by atoms with Gasteiger partial charge < -0.3 is 9.13 Å². The highest BCUT2D eigenvalue weighted by atomic mass is 28.3. The van der Waals surface area contributed by atoms with Gasteiger partial charge in [-0.3, -0.25) is 0 Å². The number of hydrogen-bond donors (Lipinski definition) is 0. The van der Waals surface area contributed by atoms with Gasteiger partial charge in [0, 0.05) is 32.9 Å². The van der Waals surface area contributed by atoms with E-state index in [2.05, 4.69) is 155 Å². The van der Waals surface area contributed by atoms with E-state index in [0.29, 0.717) is 0 Å². The summed E-state index contributed by atoms with van der Waals surface area (Å²) in [7, 11) is -2.29. The Morgan fingerprint density at radius 1 is 0.367 bits per heavy atom. The number of benzene rings is 6. The van der Waals surface area contributed by atoms with Gasteiger partial charge in [-0.1, -0.05) is 159 Å². The number of fused-ring (bicyclic) bond motifs is 6. The summed E-state index contributed by atoms with van der Waals surface area (Å²) < 4.78 is 5.07. The number of aromatic nitrogens is 2. The Hall–Kier alpha value is -4.86. The molecule has 49 heavy (non-hydrogen) atoms. The fourth-order valence-electron chi connectivity index (χ4n) is 10.4. The fraction of sp³-hybridized carbons (Fsp3) is 0.217. The number of nitrogens with zero attached hydrogens (tertiary/aromatic N) is 2. The molecule has 2 aliphatic rings. The van der Waals surface area contributed by atoms with Crippen LogP contribution in [0.4, 0.5) is 0 Å². The van der Waals surface area contributed by atoms with Gasteiger partial charge in [-0.05, 0) is 59.6 Å². The predicted molar refractivity (Wildman–Crippen MR) is 211 cm³/mol. The summed E-state index contributed by atoms with van der Waals surface area (Å²) in [5, 5.41) is 8.72. The van der Waals surface area contributed by atoms with Crippen LogP contribution in [0.3, 0.4) is 0 Å². The first-order valence-corrected chi connectivity index (χ1v) is 20.7. The van der Waals surface area contributed by atoms with Gasteiger partial charge >= 0.3 is 0 Å². The maximum atomic E-state index is 2.68. The summed E-state index contributed by atoms with van der Waals surface area (Å²) in [6, 6.07) is 55.6. The van der Waals surface area contributed by atoms with Gasteiger partial charge in [0.1, 0.15) is 8.07 Å². The van der Waals surface area contributed by atoms with Crippen LogP contribution in [-0.2, 0) is 0 Å². The second-order valence-electron chi connectivity index (χ2n) is 14.7. The zero-order valence-electron chi connectivity index (χ0n) is 28.1. The number of rotatable bonds is 6. The average Bonchev–Trinajstić information content (AvgIpc) is 3.99. The maximum Gasteiger partial charge on any atom is 0.124 e. The molecule has 0 spiro atoms. The lowest BCUT2D eigenvalue weighted by Gasteiger charge is -2.43. The van der Waals surface area contributed by atoms with Gasteiger partial charge in [-0.25, -0.2) is 0 Å². The van der Waals surface area contributed by atoms with Crippen LogP contribution in [-0.4, -0.2) is 17.2 Å².